The lowest BCUT2D eigenvalue weighted by molar-refractivity contribution is 0.190. The first-order valence-corrected chi connectivity index (χ1v) is 7.28. The van der Waals surface area contributed by atoms with Gasteiger partial charge in [-0.2, -0.15) is 0 Å². The van der Waals surface area contributed by atoms with Crippen LogP contribution in [0.4, 0.5) is 23.0 Å². The molecule has 0 saturated carbocycles. The first-order valence-electron chi connectivity index (χ1n) is 6.49. The SMILES string of the molecule is COCC(C)Nc1ncnc(Nc2ccccc2Br)c1N. The van der Waals surface area contributed by atoms with Gasteiger partial charge < -0.3 is 21.1 Å². The Labute approximate surface area is 132 Å². The van der Waals surface area contributed by atoms with E-state index in [1.54, 1.807) is 7.11 Å². The van der Waals surface area contributed by atoms with Crippen molar-refractivity contribution >= 4 is 38.9 Å². The Bertz CT molecular complexity index is 608. The minimum Gasteiger partial charge on any atom is -0.393 e. The second-order valence-electron chi connectivity index (χ2n) is 4.59. The smallest absolute Gasteiger partial charge is 0.159 e. The molecule has 0 radical (unpaired) electrons. The third-order valence-corrected chi connectivity index (χ3v) is 3.50. The average Bonchev–Trinajstić information content (AvgIpc) is 2.46. The van der Waals surface area contributed by atoms with Gasteiger partial charge in [0.05, 0.1) is 12.3 Å². The molecule has 0 spiro atoms. The van der Waals surface area contributed by atoms with Gasteiger partial charge in [0.2, 0.25) is 0 Å². The molecule has 2 rings (SSSR count). The van der Waals surface area contributed by atoms with E-state index in [1.165, 1.54) is 6.33 Å². The Balaban J connectivity index is 2.20. The number of hydrogen-bond acceptors (Lipinski definition) is 6. The van der Waals surface area contributed by atoms with Crippen molar-refractivity contribution in [1.29, 1.82) is 0 Å². The van der Waals surface area contributed by atoms with E-state index in [-0.39, 0.29) is 6.04 Å². The number of aromatic nitrogens is 2. The Morgan fingerprint density at radius 2 is 2.00 bits per heavy atom. The predicted octanol–water partition coefficient (Wildman–Crippen LogP) is 3.01. The molecular weight excluding hydrogens is 334 g/mol. The van der Waals surface area contributed by atoms with Crippen LogP contribution in [0.3, 0.4) is 0 Å². The van der Waals surface area contributed by atoms with Crippen molar-refractivity contribution in [3.63, 3.8) is 0 Å². The second kappa shape index (κ2) is 7.24. The van der Waals surface area contributed by atoms with E-state index in [0.717, 1.165) is 10.2 Å². The van der Waals surface area contributed by atoms with Gasteiger partial charge in [-0.1, -0.05) is 12.1 Å². The van der Waals surface area contributed by atoms with E-state index in [9.17, 15) is 0 Å². The summed E-state index contributed by atoms with van der Waals surface area (Å²) in [4.78, 5) is 8.36. The molecule has 0 aliphatic rings. The molecule has 0 fully saturated rings. The summed E-state index contributed by atoms with van der Waals surface area (Å²) in [5, 5.41) is 6.39. The van der Waals surface area contributed by atoms with E-state index in [1.807, 2.05) is 31.2 Å². The number of nitrogens with one attached hydrogen (secondary N) is 2. The highest BCUT2D eigenvalue weighted by atomic mass is 79.9. The van der Waals surface area contributed by atoms with Gasteiger partial charge in [-0.3, -0.25) is 0 Å². The molecule has 0 aliphatic carbocycles. The third-order valence-electron chi connectivity index (χ3n) is 2.81. The zero-order valence-corrected chi connectivity index (χ0v) is 13.5. The molecule has 21 heavy (non-hydrogen) atoms. The molecule has 112 valence electrons. The van der Waals surface area contributed by atoms with Gasteiger partial charge in [-0.25, -0.2) is 9.97 Å². The average molecular weight is 352 g/mol. The van der Waals surface area contributed by atoms with Gasteiger partial charge in [-0.05, 0) is 35.0 Å². The molecule has 0 bridgehead atoms. The fraction of sp³-hybridized carbons (Fsp3) is 0.286. The van der Waals surface area contributed by atoms with Crippen LogP contribution in [0.5, 0.6) is 0 Å². The highest BCUT2D eigenvalue weighted by molar-refractivity contribution is 9.10. The first kappa shape index (κ1) is 15.5. The zero-order valence-electron chi connectivity index (χ0n) is 11.9. The topological polar surface area (TPSA) is 85.1 Å². The fourth-order valence-corrected chi connectivity index (χ4v) is 2.21. The highest BCUT2D eigenvalue weighted by Crippen LogP contribution is 2.29. The first-order chi connectivity index (χ1) is 10.1. The highest BCUT2D eigenvalue weighted by Gasteiger charge is 2.11. The molecule has 6 nitrogen and oxygen atoms in total. The number of anilines is 4. The molecule has 1 heterocycles. The molecule has 1 unspecified atom stereocenters. The van der Waals surface area contributed by atoms with Crippen LogP contribution in [0.2, 0.25) is 0 Å². The number of halogens is 1. The monoisotopic (exact) mass is 351 g/mol. The van der Waals surface area contributed by atoms with Crippen LogP contribution in [0, 0.1) is 0 Å². The van der Waals surface area contributed by atoms with E-state index >= 15 is 0 Å². The van der Waals surface area contributed by atoms with Gasteiger partial charge in [0, 0.05) is 17.6 Å². The maximum Gasteiger partial charge on any atom is 0.159 e. The lowest BCUT2D eigenvalue weighted by Gasteiger charge is -2.16. The summed E-state index contributed by atoms with van der Waals surface area (Å²) in [5.41, 5.74) is 7.48. The molecule has 0 amide bonds. The molecular formula is C14H18BrN5O. The molecule has 1 atom stereocenters. The van der Waals surface area contributed by atoms with Gasteiger partial charge in [-0.15, -0.1) is 0 Å². The van der Waals surface area contributed by atoms with Crippen molar-refractivity contribution in [3.05, 3.63) is 35.1 Å². The number of rotatable bonds is 6. The van der Waals surface area contributed by atoms with E-state index in [2.05, 4.69) is 36.5 Å². The Morgan fingerprint density at radius 1 is 1.29 bits per heavy atom. The predicted molar refractivity (Wildman–Crippen MR) is 88.8 cm³/mol. The number of nitrogens with zero attached hydrogens (tertiary/aromatic N) is 2. The Hall–Kier alpha value is -1.86. The fourth-order valence-electron chi connectivity index (χ4n) is 1.83. The van der Waals surface area contributed by atoms with Crippen molar-refractivity contribution in [2.75, 3.05) is 30.1 Å². The molecule has 1 aromatic carbocycles. The standard InChI is InChI=1S/C14H18BrN5O/c1-9(7-21-2)19-13-12(16)14(18-8-17-13)20-11-6-4-3-5-10(11)15/h3-6,8-9H,7,16H2,1-2H3,(H2,17,18,19,20). The van der Waals surface area contributed by atoms with Gasteiger partial charge >= 0.3 is 0 Å². The summed E-state index contributed by atoms with van der Waals surface area (Å²) in [6, 6.07) is 7.86. The van der Waals surface area contributed by atoms with Gasteiger partial charge in [0.25, 0.3) is 0 Å². The Morgan fingerprint density at radius 3 is 2.71 bits per heavy atom. The van der Waals surface area contributed by atoms with Crippen LogP contribution in [0.15, 0.2) is 35.1 Å². The van der Waals surface area contributed by atoms with Gasteiger partial charge in [0.1, 0.15) is 12.0 Å². The number of nitrogen functional groups attached to an aromatic ring is 1. The maximum absolute atomic E-state index is 6.12. The van der Waals surface area contributed by atoms with Crippen LogP contribution in [0.25, 0.3) is 0 Å². The van der Waals surface area contributed by atoms with Crippen LogP contribution >= 0.6 is 15.9 Å². The quantitative estimate of drug-likeness (QED) is 0.741. The lowest BCUT2D eigenvalue weighted by Crippen LogP contribution is -2.22. The van der Waals surface area contributed by atoms with Crippen LogP contribution in [0.1, 0.15) is 6.92 Å². The number of hydrogen-bond donors (Lipinski definition) is 3. The number of nitrogens with two attached hydrogens (primary N) is 1. The summed E-state index contributed by atoms with van der Waals surface area (Å²) in [7, 11) is 1.65. The van der Waals surface area contributed by atoms with Crippen molar-refractivity contribution in [2.24, 2.45) is 0 Å². The maximum atomic E-state index is 6.12. The number of benzene rings is 1. The molecule has 0 saturated heterocycles. The van der Waals surface area contributed by atoms with Crippen molar-refractivity contribution in [1.82, 2.24) is 9.97 Å². The number of methoxy groups -OCH3 is 1. The minimum absolute atomic E-state index is 0.100. The summed E-state index contributed by atoms with van der Waals surface area (Å²) >= 11 is 3.48. The number of ether oxygens (including phenoxy) is 1. The van der Waals surface area contributed by atoms with Crippen molar-refractivity contribution < 1.29 is 4.74 Å². The summed E-state index contributed by atoms with van der Waals surface area (Å²) < 4.78 is 6.02. The summed E-state index contributed by atoms with van der Waals surface area (Å²) in [5.74, 6) is 1.15. The summed E-state index contributed by atoms with van der Waals surface area (Å²) in [6.45, 7) is 2.56. The van der Waals surface area contributed by atoms with Gasteiger partial charge in [0.15, 0.2) is 11.6 Å². The van der Waals surface area contributed by atoms with Crippen molar-refractivity contribution in [3.8, 4) is 0 Å². The summed E-state index contributed by atoms with van der Waals surface area (Å²) in [6.07, 6.45) is 1.47. The molecule has 4 N–H and O–H groups in total. The van der Waals surface area contributed by atoms with Crippen LogP contribution in [-0.4, -0.2) is 29.7 Å². The molecule has 7 heteroatoms. The largest absolute Gasteiger partial charge is 0.393 e. The molecule has 0 aliphatic heterocycles. The molecule has 1 aromatic heterocycles. The lowest BCUT2D eigenvalue weighted by atomic mass is 10.3. The zero-order chi connectivity index (χ0) is 15.2. The van der Waals surface area contributed by atoms with Crippen LogP contribution < -0.4 is 16.4 Å². The van der Waals surface area contributed by atoms with E-state index < -0.39 is 0 Å². The Kier molecular flexibility index (Phi) is 5.35. The third kappa shape index (κ3) is 4.05. The number of para-hydroxylation sites is 1. The normalized spacial score (nSPS) is 12.0. The second-order valence-corrected chi connectivity index (χ2v) is 5.44. The minimum atomic E-state index is 0.100. The van der Waals surface area contributed by atoms with E-state index in [0.29, 0.717) is 23.9 Å². The van der Waals surface area contributed by atoms with Crippen molar-refractivity contribution in [2.45, 2.75) is 13.0 Å². The molecule has 2 aromatic rings. The van der Waals surface area contributed by atoms with E-state index in [4.69, 9.17) is 10.5 Å². The van der Waals surface area contributed by atoms with Crippen LogP contribution in [-0.2, 0) is 4.74 Å².